The zero-order valence-electron chi connectivity index (χ0n) is 12.2. The number of rotatable bonds is 4. The smallest absolute Gasteiger partial charge is 0.266 e. The fourth-order valence-electron chi connectivity index (χ4n) is 1.80. The summed E-state index contributed by atoms with van der Waals surface area (Å²) in [5.74, 6) is 0.0599. The first-order valence-electron chi connectivity index (χ1n) is 6.59. The molecule has 5 nitrogen and oxygen atoms in total. The maximum absolute atomic E-state index is 12.1. The number of ether oxygens (including phenoxy) is 1. The van der Waals surface area contributed by atoms with Crippen LogP contribution in [-0.2, 0) is 4.79 Å². The van der Waals surface area contributed by atoms with Gasteiger partial charge in [0.05, 0.1) is 12.1 Å². The molecule has 0 aromatic heterocycles. The average Bonchev–Trinajstić information content (AvgIpc) is 2.56. The third kappa shape index (κ3) is 4.25. The van der Waals surface area contributed by atoms with Crippen LogP contribution in [0.5, 0.6) is 11.5 Å². The second kappa shape index (κ2) is 7.34. The highest BCUT2D eigenvalue weighted by Crippen LogP contribution is 2.25. The molecule has 0 heterocycles. The predicted molar refractivity (Wildman–Crippen MR) is 88.3 cm³/mol. The van der Waals surface area contributed by atoms with Crippen LogP contribution in [0.15, 0.2) is 48.0 Å². The monoisotopic (exact) mass is 328 g/mol. The van der Waals surface area contributed by atoms with E-state index < -0.39 is 5.91 Å². The minimum atomic E-state index is -0.540. The molecule has 0 radical (unpaired) electrons. The average molecular weight is 329 g/mol. The number of phenolic OH excluding ortho intramolecular Hbond substituents is 1. The van der Waals surface area contributed by atoms with Crippen LogP contribution in [0.1, 0.15) is 5.56 Å². The van der Waals surface area contributed by atoms with E-state index in [-0.39, 0.29) is 16.3 Å². The molecule has 0 unspecified atom stereocenters. The van der Waals surface area contributed by atoms with Crippen LogP contribution >= 0.6 is 11.6 Å². The van der Waals surface area contributed by atoms with E-state index >= 15 is 0 Å². The van der Waals surface area contributed by atoms with Crippen LogP contribution in [0.25, 0.3) is 6.08 Å². The fourth-order valence-corrected chi connectivity index (χ4v) is 1.99. The fraction of sp³-hybridized carbons (Fsp3) is 0.0588. The van der Waals surface area contributed by atoms with Gasteiger partial charge in [0.1, 0.15) is 23.1 Å². The lowest BCUT2D eigenvalue weighted by molar-refractivity contribution is -0.112. The van der Waals surface area contributed by atoms with Gasteiger partial charge in [-0.1, -0.05) is 17.7 Å². The van der Waals surface area contributed by atoms with Crippen LogP contribution in [0.4, 0.5) is 5.69 Å². The quantitative estimate of drug-likeness (QED) is 0.663. The topological polar surface area (TPSA) is 82.3 Å². The number of anilines is 1. The molecule has 2 aromatic carbocycles. The molecule has 23 heavy (non-hydrogen) atoms. The summed E-state index contributed by atoms with van der Waals surface area (Å²) in [6.45, 7) is 0. The summed E-state index contributed by atoms with van der Waals surface area (Å²) in [7, 11) is 1.55. The van der Waals surface area contributed by atoms with E-state index in [2.05, 4.69) is 5.32 Å². The van der Waals surface area contributed by atoms with Crippen molar-refractivity contribution in [3.63, 3.8) is 0 Å². The molecular weight excluding hydrogens is 316 g/mol. The summed E-state index contributed by atoms with van der Waals surface area (Å²) in [4.78, 5) is 12.1. The molecule has 0 atom stereocenters. The zero-order valence-corrected chi connectivity index (χ0v) is 13.0. The van der Waals surface area contributed by atoms with Gasteiger partial charge in [0.15, 0.2) is 0 Å². The van der Waals surface area contributed by atoms with Crippen molar-refractivity contribution in [2.24, 2.45) is 0 Å². The number of phenols is 1. The lowest BCUT2D eigenvalue weighted by Crippen LogP contribution is -2.13. The van der Waals surface area contributed by atoms with Gasteiger partial charge in [-0.2, -0.15) is 5.26 Å². The van der Waals surface area contributed by atoms with Gasteiger partial charge in [0.25, 0.3) is 5.91 Å². The normalized spacial score (nSPS) is 10.7. The lowest BCUT2D eigenvalue weighted by atomic mass is 10.1. The molecule has 2 N–H and O–H groups in total. The third-order valence-corrected chi connectivity index (χ3v) is 3.30. The van der Waals surface area contributed by atoms with E-state index in [4.69, 9.17) is 21.6 Å². The number of nitrogens with one attached hydrogen (secondary N) is 1. The van der Waals surface area contributed by atoms with Crippen molar-refractivity contribution in [3.8, 4) is 17.6 Å². The van der Waals surface area contributed by atoms with Crippen LogP contribution in [0, 0.1) is 11.3 Å². The third-order valence-electron chi connectivity index (χ3n) is 3.00. The van der Waals surface area contributed by atoms with Crippen LogP contribution < -0.4 is 10.1 Å². The number of aromatic hydroxyl groups is 1. The number of benzene rings is 2. The van der Waals surface area contributed by atoms with Gasteiger partial charge in [-0.15, -0.1) is 0 Å². The van der Waals surface area contributed by atoms with Crippen molar-refractivity contribution in [2.75, 3.05) is 12.4 Å². The van der Waals surface area contributed by atoms with Crippen molar-refractivity contribution in [3.05, 3.63) is 58.6 Å². The van der Waals surface area contributed by atoms with Gasteiger partial charge in [-0.3, -0.25) is 4.79 Å². The number of hydrogen-bond acceptors (Lipinski definition) is 4. The highest BCUT2D eigenvalue weighted by atomic mass is 35.5. The summed E-state index contributed by atoms with van der Waals surface area (Å²) in [5, 5.41) is 21.3. The summed E-state index contributed by atoms with van der Waals surface area (Å²) in [5.41, 5.74) is 0.998. The lowest BCUT2D eigenvalue weighted by Gasteiger charge is -2.06. The van der Waals surface area contributed by atoms with Crippen LogP contribution in [0.3, 0.4) is 0 Å². The Hall–Kier alpha value is -2.97. The number of halogens is 1. The molecule has 116 valence electrons. The van der Waals surface area contributed by atoms with Gasteiger partial charge < -0.3 is 15.2 Å². The Labute approximate surface area is 138 Å². The molecule has 0 aliphatic heterocycles. The van der Waals surface area contributed by atoms with Crippen molar-refractivity contribution < 1.29 is 14.6 Å². The molecule has 0 fully saturated rings. The highest BCUT2D eigenvalue weighted by Gasteiger charge is 2.10. The summed E-state index contributed by atoms with van der Waals surface area (Å²) >= 11 is 5.80. The van der Waals surface area contributed by atoms with Gasteiger partial charge >= 0.3 is 0 Å². The van der Waals surface area contributed by atoms with Crippen molar-refractivity contribution >= 4 is 29.3 Å². The van der Waals surface area contributed by atoms with Crippen molar-refractivity contribution in [1.82, 2.24) is 0 Å². The Morgan fingerprint density at radius 3 is 2.57 bits per heavy atom. The number of carbonyl (C=O) groups is 1. The Balaban J connectivity index is 2.18. The molecule has 0 saturated carbocycles. The van der Waals surface area contributed by atoms with E-state index in [1.807, 2.05) is 6.07 Å². The van der Waals surface area contributed by atoms with Gasteiger partial charge in [-0.25, -0.2) is 0 Å². The van der Waals surface area contributed by atoms with E-state index in [9.17, 15) is 9.90 Å². The largest absolute Gasteiger partial charge is 0.506 e. The molecule has 0 aliphatic rings. The van der Waals surface area contributed by atoms with Crippen molar-refractivity contribution in [1.29, 1.82) is 5.26 Å². The first-order valence-corrected chi connectivity index (χ1v) is 6.97. The van der Waals surface area contributed by atoms with Crippen molar-refractivity contribution in [2.45, 2.75) is 0 Å². The summed E-state index contributed by atoms with van der Waals surface area (Å²) in [6.07, 6.45) is 1.39. The first kappa shape index (κ1) is 16.4. The number of amides is 1. The minimum absolute atomic E-state index is 0.0648. The maximum atomic E-state index is 12.1. The molecular formula is C17H13ClN2O3. The molecule has 2 rings (SSSR count). The number of nitriles is 1. The summed E-state index contributed by atoms with van der Waals surface area (Å²) < 4.78 is 5.03. The van der Waals surface area contributed by atoms with E-state index in [0.29, 0.717) is 17.0 Å². The van der Waals surface area contributed by atoms with Gasteiger partial charge in [-0.05, 0) is 48.0 Å². The zero-order chi connectivity index (χ0) is 16.8. The van der Waals surface area contributed by atoms with E-state index in [1.54, 1.807) is 37.4 Å². The number of carbonyl (C=O) groups excluding carboxylic acids is 1. The molecule has 0 bridgehead atoms. The Morgan fingerprint density at radius 2 is 2.00 bits per heavy atom. The SMILES string of the molecule is COc1ccc(NC(=O)/C(C#N)=C\c2ccc(O)c(Cl)c2)cc1. The van der Waals surface area contributed by atoms with Crippen LogP contribution in [0.2, 0.25) is 5.02 Å². The predicted octanol–water partition coefficient (Wildman–Crippen LogP) is 3.60. The van der Waals surface area contributed by atoms with Gasteiger partial charge in [0.2, 0.25) is 0 Å². The second-order valence-electron chi connectivity index (χ2n) is 4.56. The second-order valence-corrected chi connectivity index (χ2v) is 4.97. The molecule has 6 heteroatoms. The Kier molecular flexibility index (Phi) is 5.23. The molecule has 0 aliphatic carbocycles. The minimum Gasteiger partial charge on any atom is -0.506 e. The summed E-state index contributed by atoms with van der Waals surface area (Å²) in [6, 6.07) is 13.0. The first-order chi connectivity index (χ1) is 11.0. The maximum Gasteiger partial charge on any atom is 0.266 e. The number of nitrogens with zero attached hydrogens (tertiary/aromatic N) is 1. The Morgan fingerprint density at radius 1 is 1.30 bits per heavy atom. The van der Waals surface area contributed by atoms with Crippen LogP contribution in [-0.4, -0.2) is 18.1 Å². The Bertz CT molecular complexity index is 792. The standard InChI is InChI=1S/C17H13ClN2O3/c1-23-14-5-3-13(4-6-14)20-17(22)12(10-19)8-11-2-7-16(21)15(18)9-11/h2-9,21H,1H3,(H,20,22)/b12-8-. The van der Waals surface area contributed by atoms with E-state index in [0.717, 1.165) is 0 Å². The molecule has 1 amide bonds. The van der Waals surface area contributed by atoms with E-state index in [1.165, 1.54) is 18.2 Å². The number of hydrogen-bond donors (Lipinski definition) is 2. The molecule has 2 aromatic rings. The highest BCUT2D eigenvalue weighted by molar-refractivity contribution is 6.32. The van der Waals surface area contributed by atoms with Gasteiger partial charge in [0, 0.05) is 5.69 Å². The molecule has 0 spiro atoms. The molecule has 0 saturated heterocycles. The number of methoxy groups -OCH3 is 1.